The second-order valence-corrected chi connectivity index (χ2v) is 12.8. The topological polar surface area (TPSA) is 74.4 Å². The lowest BCUT2D eigenvalue weighted by Crippen LogP contribution is -2.60. The Kier molecular flexibility index (Phi) is 10.7. The Labute approximate surface area is 264 Å². The number of benzene rings is 2. The highest BCUT2D eigenvalue weighted by molar-refractivity contribution is 5.77. The zero-order valence-electron chi connectivity index (χ0n) is 26.3. The third kappa shape index (κ3) is 9.43. The molecule has 0 aromatic heterocycles. The summed E-state index contributed by atoms with van der Waals surface area (Å²) in [5, 5.41) is 2.63. The number of nitrogens with zero attached hydrogens (tertiary/aromatic N) is 3. The van der Waals surface area contributed by atoms with Gasteiger partial charge in [0.1, 0.15) is 11.5 Å². The molecule has 0 radical (unpaired) electrons. The number of nitrogens with one attached hydrogen (secondary N) is 1. The second kappa shape index (κ2) is 14.0. The van der Waals surface area contributed by atoms with Gasteiger partial charge in [-0.05, 0) is 59.6 Å². The quantitative estimate of drug-likeness (QED) is 0.341. The number of rotatable bonds is 7. The van der Waals surface area contributed by atoms with Crippen LogP contribution in [-0.2, 0) is 4.79 Å². The number of halogens is 6. The first-order chi connectivity index (χ1) is 21.4. The lowest BCUT2D eigenvalue weighted by Gasteiger charge is -2.50. The van der Waals surface area contributed by atoms with E-state index < -0.39 is 30.3 Å². The van der Waals surface area contributed by atoms with Gasteiger partial charge in [-0.15, -0.1) is 26.3 Å². The Balaban J connectivity index is 1.57. The average molecular weight is 659 g/mol. The van der Waals surface area contributed by atoms with Crippen molar-refractivity contribution in [3.8, 4) is 11.5 Å². The molecule has 2 saturated heterocycles. The Bertz CT molecular complexity index is 1260. The molecule has 1 N–H and O–H groups in total. The van der Waals surface area contributed by atoms with E-state index >= 15 is 0 Å². The Hall–Kier alpha value is -3.68. The van der Waals surface area contributed by atoms with Crippen LogP contribution >= 0.6 is 0 Å². The minimum atomic E-state index is -4.86. The molecular weight excluding hydrogens is 618 g/mol. The third-order valence-corrected chi connectivity index (χ3v) is 8.53. The van der Waals surface area contributed by atoms with Crippen LogP contribution in [0.1, 0.15) is 57.2 Å². The molecule has 3 amide bonds. The van der Waals surface area contributed by atoms with Gasteiger partial charge in [-0.25, -0.2) is 4.79 Å². The highest BCUT2D eigenvalue weighted by Crippen LogP contribution is 2.37. The third-order valence-electron chi connectivity index (χ3n) is 8.53. The number of urea groups is 1. The fraction of sp³-hybridized carbons (Fsp3) is 0.562. The molecule has 0 bridgehead atoms. The van der Waals surface area contributed by atoms with Gasteiger partial charge in [0.2, 0.25) is 5.91 Å². The molecular formula is C32H40F6N4O4. The highest BCUT2D eigenvalue weighted by atomic mass is 19.4. The number of piperazine rings is 1. The SMILES string of the molecule is CNC(=O)N1CCC(CC(=O)N2CCN(C(c3ccc(OC(F)(F)F)cc3)c3ccc(OC(F)(F)F)cc3)C[C@@H]2C(C)(C)C)CC1. The minimum Gasteiger partial charge on any atom is -0.406 e. The molecule has 4 rings (SSSR count). The lowest BCUT2D eigenvalue weighted by molar-refractivity contribution is -0.275. The molecule has 46 heavy (non-hydrogen) atoms. The van der Waals surface area contributed by atoms with Crippen LogP contribution in [0.4, 0.5) is 31.1 Å². The van der Waals surface area contributed by atoms with E-state index in [1.54, 1.807) is 11.9 Å². The number of ether oxygens (including phenoxy) is 2. The molecule has 0 saturated carbocycles. The van der Waals surface area contributed by atoms with Gasteiger partial charge in [0.05, 0.1) is 6.04 Å². The van der Waals surface area contributed by atoms with Gasteiger partial charge in [-0.2, -0.15) is 0 Å². The average Bonchev–Trinajstić information content (AvgIpc) is 2.97. The Morgan fingerprint density at radius 1 is 0.804 bits per heavy atom. The summed E-state index contributed by atoms with van der Waals surface area (Å²) >= 11 is 0. The van der Waals surface area contributed by atoms with Gasteiger partial charge < -0.3 is 24.6 Å². The van der Waals surface area contributed by atoms with Gasteiger partial charge in [-0.1, -0.05) is 45.0 Å². The van der Waals surface area contributed by atoms with Crippen molar-refractivity contribution < 1.29 is 45.4 Å². The maximum absolute atomic E-state index is 13.7. The van der Waals surface area contributed by atoms with Crippen molar-refractivity contribution in [2.24, 2.45) is 11.3 Å². The number of carbonyl (C=O) groups is 2. The summed E-state index contributed by atoms with van der Waals surface area (Å²) in [6.45, 7) is 8.47. The zero-order valence-corrected chi connectivity index (χ0v) is 26.3. The molecule has 0 unspecified atom stereocenters. The maximum atomic E-state index is 13.7. The summed E-state index contributed by atoms with van der Waals surface area (Å²) in [6, 6.07) is 9.90. The van der Waals surface area contributed by atoms with E-state index in [1.807, 2.05) is 25.7 Å². The summed E-state index contributed by atoms with van der Waals surface area (Å²) in [5.41, 5.74) is 0.861. The van der Waals surface area contributed by atoms with E-state index in [1.165, 1.54) is 48.5 Å². The van der Waals surface area contributed by atoms with Crippen molar-refractivity contribution >= 4 is 11.9 Å². The van der Waals surface area contributed by atoms with Crippen molar-refractivity contribution in [1.82, 2.24) is 20.0 Å². The van der Waals surface area contributed by atoms with Crippen molar-refractivity contribution in [3.05, 3.63) is 59.7 Å². The second-order valence-electron chi connectivity index (χ2n) is 12.8. The summed E-state index contributed by atoms with van der Waals surface area (Å²) in [7, 11) is 1.59. The number of likely N-dealkylation sites (tertiary alicyclic amines) is 1. The molecule has 2 fully saturated rings. The van der Waals surface area contributed by atoms with E-state index in [9.17, 15) is 35.9 Å². The summed E-state index contributed by atoms with van der Waals surface area (Å²) < 4.78 is 84.9. The summed E-state index contributed by atoms with van der Waals surface area (Å²) in [4.78, 5) is 31.4. The molecule has 254 valence electrons. The van der Waals surface area contributed by atoms with Gasteiger partial charge in [0.25, 0.3) is 0 Å². The number of hydrogen-bond acceptors (Lipinski definition) is 5. The summed E-state index contributed by atoms with van der Waals surface area (Å²) in [5.74, 6) is -0.618. The Morgan fingerprint density at radius 3 is 1.70 bits per heavy atom. The smallest absolute Gasteiger partial charge is 0.406 e. The first-order valence-electron chi connectivity index (χ1n) is 15.1. The van der Waals surface area contributed by atoms with Crippen LogP contribution in [0.3, 0.4) is 0 Å². The molecule has 2 aliphatic rings. The molecule has 8 nitrogen and oxygen atoms in total. The number of piperidine rings is 1. The first kappa shape index (κ1) is 35.2. The van der Waals surface area contributed by atoms with Crippen LogP contribution in [0.25, 0.3) is 0 Å². The number of hydrogen-bond donors (Lipinski definition) is 1. The maximum Gasteiger partial charge on any atom is 0.573 e. The van der Waals surface area contributed by atoms with Crippen LogP contribution in [0, 0.1) is 11.3 Å². The highest BCUT2D eigenvalue weighted by Gasteiger charge is 2.41. The molecule has 0 aliphatic carbocycles. The fourth-order valence-corrected chi connectivity index (χ4v) is 6.26. The molecule has 1 atom stereocenters. The predicted octanol–water partition coefficient (Wildman–Crippen LogP) is 6.57. The van der Waals surface area contributed by atoms with Gasteiger partial charge in [0.15, 0.2) is 0 Å². The zero-order chi connectivity index (χ0) is 33.9. The van der Waals surface area contributed by atoms with Gasteiger partial charge in [0, 0.05) is 52.2 Å². The van der Waals surface area contributed by atoms with Crippen LogP contribution < -0.4 is 14.8 Å². The monoisotopic (exact) mass is 658 g/mol. The van der Waals surface area contributed by atoms with Crippen LogP contribution in [0.5, 0.6) is 11.5 Å². The predicted molar refractivity (Wildman–Crippen MR) is 158 cm³/mol. The van der Waals surface area contributed by atoms with E-state index in [-0.39, 0.29) is 29.3 Å². The molecule has 2 aliphatic heterocycles. The van der Waals surface area contributed by atoms with Crippen LogP contribution in [-0.4, -0.2) is 85.2 Å². The summed E-state index contributed by atoms with van der Waals surface area (Å²) in [6.07, 6.45) is -7.91. The molecule has 0 spiro atoms. The standard InChI is InChI=1S/C32H40F6N4O4/c1-30(2,3)26-20-41(17-18-42(26)27(43)19-21-13-15-40(16-14-21)29(44)39-4)28(22-5-9-24(10-6-22)45-31(33,34)35)23-7-11-25(12-8-23)46-32(36,37)38/h5-12,21,26,28H,13-20H2,1-4H3,(H,39,44)/t26-/m1/s1. The fourth-order valence-electron chi connectivity index (χ4n) is 6.26. The van der Waals surface area contributed by atoms with E-state index in [0.717, 1.165) is 12.8 Å². The van der Waals surface area contributed by atoms with Crippen molar-refractivity contribution in [2.45, 2.75) is 64.8 Å². The minimum absolute atomic E-state index is 0.0248. The van der Waals surface area contributed by atoms with Gasteiger partial charge in [-0.3, -0.25) is 9.69 Å². The lowest BCUT2D eigenvalue weighted by atomic mass is 9.82. The first-order valence-corrected chi connectivity index (χ1v) is 15.1. The van der Waals surface area contributed by atoms with E-state index in [2.05, 4.69) is 19.7 Å². The number of alkyl halides is 6. The van der Waals surface area contributed by atoms with E-state index in [4.69, 9.17) is 0 Å². The van der Waals surface area contributed by atoms with Gasteiger partial charge >= 0.3 is 18.8 Å². The Morgan fingerprint density at radius 2 is 1.28 bits per heavy atom. The van der Waals surface area contributed by atoms with E-state index in [0.29, 0.717) is 50.3 Å². The number of amides is 3. The normalized spacial score (nSPS) is 18.9. The van der Waals surface area contributed by atoms with Crippen molar-refractivity contribution in [2.75, 3.05) is 39.8 Å². The van der Waals surface area contributed by atoms with Crippen molar-refractivity contribution in [3.63, 3.8) is 0 Å². The largest absolute Gasteiger partial charge is 0.573 e. The number of carbonyl (C=O) groups excluding carboxylic acids is 2. The molecule has 2 heterocycles. The molecule has 2 aromatic rings. The molecule has 14 heteroatoms. The van der Waals surface area contributed by atoms with Crippen LogP contribution in [0.2, 0.25) is 0 Å². The van der Waals surface area contributed by atoms with Crippen molar-refractivity contribution in [1.29, 1.82) is 0 Å². The van der Waals surface area contributed by atoms with Crippen LogP contribution in [0.15, 0.2) is 48.5 Å². The molecule has 2 aromatic carbocycles.